The minimum absolute atomic E-state index is 0.199. The standard InChI is InChI=1S/C13H22OS/c1-4-8-13(9-6-5-7-10-13)15-12(14)11(2)3/h2,4-10H2,1,3H3. The van der Waals surface area contributed by atoms with Gasteiger partial charge in [0.05, 0.1) is 0 Å². The van der Waals surface area contributed by atoms with Gasteiger partial charge >= 0.3 is 0 Å². The Labute approximate surface area is 97.7 Å². The maximum absolute atomic E-state index is 11.8. The predicted octanol–water partition coefficient (Wildman–Crippen LogP) is 4.33. The van der Waals surface area contributed by atoms with Gasteiger partial charge in [0.15, 0.2) is 0 Å². The van der Waals surface area contributed by atoms with Crippen molar-refractivity contribution in [3.63, 3.8) is 0 Å². The average molecular weight is 226 g/mol. The van der Waals surface area contributed by atoms with Crippen LogP contribution in [0.1, 0.15) is 58.8 Å². The number of carbonyl (C=O) groups excluding carboxylic acids is 1. The third-order valence-corrected chi connectivity index (χ3v) is 4.71. The van der Waals surface area contributed by atoms with Crippen LogP contribution in [0.25, 0.3) is 0 Å². The highest BCUT2D eigenvalue weighted by Crippen LogP contribution is 2.44. The topological polar surface area (TPSA) is 17.1 Å². The lowest BCUT2D eigenvalue weighted by Gasteiger charge is -2.36. The Kier molecular flexibility index (Phi) is 4.91. The van der Waals surface area contributed by atoms with Crippen molar-refractivity contribution in [2.24, 2.45) is 0 Å². The fourth-order valence-corrected chi connectivity index (χ4v) is 3.71. The second kappa shape index (κ2) is 5.74. The van der Waals surface area contributed by atoms with Crippen LogP contribution in [0.2, 0.25) is 0 Å². The van der Waals surface area contributed by atoms with E-state index in [-0.39, 0.29) is 9.86 Å². The van der Waals surface area contributed by atoms with Crippen LogP contribution in [0.3, 0.4) is 0 Å². The molecule has 0 bridgehead atoms. The molecule has 15 heavy (non-hydrogen) atoms. The summed E-state index contributed by atoms with van der Waals surface area (Å²) >= 11 is 1.56. The molecule has 0 saturated heterocycles. The van der Waals surface area contributed by atoms with E-state index in [2.05, 4.69) is 13.5 Å². The van der Waals surface area contributed by atoms with Crippen molar-refractivity contribution in [3.8, 4) is 0 Å². The molecule has 0 heterocycles. The zero-order chi connectivity index (χ0) is 11.3. The van der Waals surface area contributed by atoms with Crippen LogP contribution in [0.5, 0.6) is 0 Å². The van der Waals surface area contributed by atoms with E-state index >= 15 is 0 Å². The zero-order valence-electron chi connectivity index (χ0n) is 9.97. The molecule has 86 valence electrons. The van der Waals surface area contributed by atoms with Crippen molar-refractivity contribution in [1.82, 2.24) is 0 Å². The van der Waals surface area contributed by atoms with Gasteiger partial charge in [-0.15, -0.1) is 0 Å². The van der Waals surface area contributed by atoms with Crippen molar-refractivity contribution >= 4 is 16.9 Å². The summed E-state index contributed by atoms with van der Waals surface area (Å²) in [4.78, 5) is 11.8. The first kappa shape index (κ1) is 12.8. The Morgan fingerprint density at radius 3 is 2.40 bits per heavy atom. The lowest BCUT2D eigenvalue weighted by atomic mass is 9.85. The van der Waals surface area contributed by atoms with E-state index in [1.54, 1.807) is 11.8 Å². The van der Waals surface area contributed by atoms with E-state index in [0.29, 0.717) is 5.57 Å². The fourth-order valence-electron chi connectivity index (χ4n) is 2.34. The highest BCUT2D eigenvalue weighted by atomic mass is 32.2. The van der Waals surface area contributed by atoms with Gasteiger partial charge in [0.1, 0.15) is 0 Å². The lowest BCUT2D eigenvalue weighted by molar-refractivity contribution is -0.107. The van der Waals surface area contributed by atoms with Crippen LogP contribution in [0.4, 0.5) is 0 Å². The highest BCUT2D eigenvalue weighted by molar-refractivity contribution is 8.15. The van der Waals surface area contributed by atoms with Crippen LogP contribution in [0.15, 0.2) is 12.2 Å². The third-order valence-electron chi connectivity index (χ3n) is 3.13. The summed E-state index contributed by atoms with van der Waals surface area (Å²) in [5.41, 5.74) is 0.695. The van der Waals surface area contributed by atoms with Crippen LogP contribution >= 0.6 is 11.8 Å². The number of hydrogen-bond acceptors (Lipinski definition) is 2. The van der Waals surface area contributed by atoms with E-state index in [0.717, 1.165) is 0 Å². The van der Waals surface area contributed by atoms with E-state index in [9.17, 15) is 4.79 Å². The Bertz CT molecular complexity index is 233. The SMILES string of the molecule is C=C(C)C(=O)SC1(CCC)CCCCC1. The summed E-state index contributed by atoms with van der Waals surface area (Å²) in [5.74, 6) is 0. The second-order valence-corrected chi connectivity index (χ2v) is 6.10. The summed E-state index contributed by atoms with van der Waals surface area (Å²) in [7, 11) is 0. The van der Waals surface area contributed by atoms with Gasteiger partial charge in [0.2, 0.25) is 5.12 Å². The van der Waals surface area contributed by atoms with Crippen LogP contribution in [-0.4, -0.2) is 9.86 Å². The zero-order valence-corrected chi connectivity index (χ0v) is 10.8. The summed E-state index contributed by atoms with van der Waals surface area (Å²) in [6, 6.07) is 0. The molecular formula is C13H22OS. The molecule has 0 aromatic rings. The van der Waals surface area contributed by atoms with E-state index in [1.165, 1.54) is 44.9 Å². The molecule has 0 aromatic heterocycles. The van der Waals surface area contributed by atoms with Gasteiger partial charge in [0.25, 0.3) is 0 Å². The molecule has 0 amide bonds. The minimum Gasteiger partial charge on any atom is -0.282 e. The first-order chi connectivity index (χ1) is 7.09. The van der Waals surface area contributed by atoms with Gasteiger partial charge < -0.3 is 0 Å². The van der Waals surface area contributed by atoms with Gasteiger partial charge in [-0.3, -0.25) is 4.79 Å². The fraction of sp³-hybridized carbons (Fsp3) is 0.769. The molecule has 0 aromatic carbocycles. The maximum Gasteiger partial charge on any atom is 0.214 e. The summed E-state index contributed by atoms with van der Waals surface area (Å²) < 4.78 is 0.239. The number of hydrogen-bond donors (Lipinski definition) is 0. The Balaban J connectivity index is 2.63. The van der Waals surface area contributed by atoms with Gasteiger partial charge in [0, 0.05) is 4.75 Å². The number of thioether (sulfide) groups is 1. The van der Waals surface area contributed by atoms with Gasteiger partial charge in [-0.05, 0) is 31.8 Å². The molecule has 0 N–H and O–H groups in total. The monoisotopic (exact) mass is 226 g/mol. The smallest absolute Gasteiger partial charge is 0.214 e. The molecule has 0 aliphatic heterocycles. The van der Waals surface area contributed by atoms with E-state index in [1.807, 2.05) is 6.92 Å². The first-order valence-electron chi connectivity index (χ1n) is 5.98. The van der Waals surface area contributed by atoms with Crippen LogP contribution < -0.4 is 0 Å². The highest BCUT2D eigenvalue weighted by Gasteiger charge is 2.34. The van der Waals surface area contributed by atoms with E-state index < -0.39 is 0 Å². The van der Waals surface area contributed by atoms with Crippen molar-refractivity contribution in [2.75, 3.05) is 0 Å². The second-order valence-electron chi connectivity index (χ2n) is 4.66. The molecule has 2 heteroatoms. The number of carbonyl (C=O) groups is 1. The largest absolute Gasteiger partial charge is 0.282 e. The summed E-state index contributed by atoms with van der Waals surface area (Å²) in [6.45, 7) is 7.77. The average Bonchev–Trinajstić information content (AvgIpc) is 2.19. The molecule has 1 aliphatic rings. The molecule has 1 rings (SSSR count). The van der Waals surface area contributed by atoms with Crippen molar-refractivity contribution in [1.29, 1.82) is 0 Å². The summed E-state index contributed by atoms with van der Waals surface area (Å²) in [6.07, 6.45) is 8.70. The molecule has 0 spiro atoms. The quantitative estimate of drug-likeness (QED) is 0.664. The maximum atomic E-state index is 11.8. The molecular weight excluding hydrogens is 204 g/mol. The van der Waals surface area contributed by atoms with Gasteiger partial charge in [-0.25, -0.2) is 0 Å². The molecule has 1 fully saturated rings. The molecule has 1 aliphatic carbocycles. The molecule has 0 atom stereocenters. The minimum atomic E-state index is 0.199. The third kappa shape index (κ3) is 3.67. The van der Waals surface area contributed by atoms with Crippen LogP contribution in [-0.2, 0) is 4.79 Å². The van der Waals surface area contributed by atoms with E-state index in [4.69, 9.17) is 0 Å². The Hall–Kier alpha value is -0.240. The first-order valence-corrected chi connectivity index (χ1v) is 6.80. The summed E-state index contributed by atoms with van der Waals surface area (Å²) in [5, 5.41) is 0.199. The van der Waals surface area contributed by atoms with Crippen molar-refractivity contribution in [3.05, 3.63) is 12.2 Å². The van der Waals surface area contributed by atoms with Crippen molar-refractivity contribution in [2.45, 2.75) is 63.5 Å². The van der Waals surface area contributed by atoms with Crippen LogP contribution in [0, 0.1) is 0 Å². The number of rotatable bonds is 4. The molecule has 1 nitrogen and oxygen atoms in total. The molecule has 1 saturated carbocycles. The molecule has 0 radical (unpaired) electrons. The normalized spacial score (nSPS) is 19.9. The molecule has 0 unspecified atom stereocenters. The van der Waals surface area contributed by atoms with Gasteiger partial charge in [-0.2, -0.15) is 0 Å². The predicted molar refractivity (Wildman–Crippen MR) is 68.1 cm³/mol. The van der Waals surface area contributed by atoms with Crippen molar-refractivity contribution < 1.29 is 4.79 Å². The Morgan fingerprint density at radius 1 is 1.33 bits per heavy atom. The lowest BCUT2D eigenvalue weighted by Crippen LogP contribution is -2.29. The Morgan fingerprint density at radius 2 is 1.93 bits per heavy atom. The van der Waals surface area contributed by atoms with Gasteiger partial charge in [-0.1, -0.05) is 50.9 Å².